The molecule has 0 bridgehead atoms. The van der Waals surface area contributed by atoms with Gasteiger partial charge in [0, 0.05) is 50.1 Å². The van der Waals surface area contributed by atoms with Gasteiger partial charge in [-0.2, -0.15) is 0 Å². The summed E-state index contributed by atoms with van der Waals surface area (Å²) in [6, 6.07) is 2.82. The Balaban J connectivity index is 0.000000122. The molecule has 0 aromatic heterocycles. The second kappa shape index (κ2) is 9.87. The highest BCUT2D eigenvalue weighted by molar-refractivity contribution is 5.78. The molecule has 8 atom stereocenters. The maximum Gasteiger partial charge on any atom is 0.222 e. The van der Waals surface area contributed by atoms with E-state index in [1.165, 1.54) is 90.4 Å². The fourth-order valence-corrected chi connectivity index (χ4v) is 10.5. The molecular formula is C30H48N4O2. The Morgan fingerprint density at radius 1 is 0.500 bits per heavy atom. The molecule has 0 saturated carbocycles. The Bertz CT molecular complexity index is 777. The van der Waals surface area contributed by atoms with Gasteiger partial charge in [0.1, 0.15) is 0 Å². The van der Waals surface area contributed by atoms with Gasteiger partial charge in [-0.05, 0) is 127 Å². The molecule has 0 radical (unpaired) electrons. The average Bonchev–Trinajstić information content (AvgIpc) is 2.91. The van der Waals surface area contributed by atoms with Gasteiger partial charge in [-0.15, -0.1) is 0 Å². The topological polar surface area (TPSA) is 47.1 Å². The maximum atomic E-state index is 12.2. The van der Waals surface area contributed by atoms with Crippen molar-refractivity contribution in [3.8, 4) is 0 Å². The van der Waals surface area contributed by atoms with Gasteiger partial charge >= 0.3 is 0 Å². The molecule has 0 N–H and O–H groups in total. The van der Waals surface area contributed by atoms with Crippen LogP contribution in [-0.4, -0.2) is 94.8 Å². The normalized spacial score (nSPS) is 44.4. The minimum absolute atomic E-state index is 0.451. The molecule has 8 fully saturated rings. The standard InChI is InChI=1S/2C15H24N2O/c2*18-14-7-1-6-13-12-5-3-9-16-8-2-4-11(15(12)16)10-17(13)14/h2*11-13,15H,1-10H2/t11-,12+,13+,15-;11-,12-,13-,15+/m11/s1. The van der Waals surface area contributed by atoms with E-state index in [2.05, 4.69) is 19.6 Å². The molecule has 8 rings (SSSR count). The summed E-state index contributed by atoms with van der Waals surface area (Å²) < 4.78 is 0. The first-order valence-electron chi connectivity index (χ1n) is 15.8. The summed E-state index contributed by atoms with van der Waals surface area (Å²) in [6.45, 7) is 7.41. The lowest BCUT2D eigenvalue weighted by Crippen LogP contribution is -2.66. The van der Waals surface area contributed by atoms with E-state index in [1.54, 1.807) is 0 Å². The third-order valence-corrected chi connectivity index (χ3v) is 11.8. The number of fused-ring (bicyclic) bond motifs is 4. The highest BCUT2D eigenvalue weighted by Crippen LogP contribution is 2.46. The lowest BCUT2D eigenvalue weighted by atomic mass is 9.68. The second-order valence-electron chi connectivity index (χ2n) is 13.5. The summed E-state index contributed by atoms with van der Waals surface area (Å²) in [5.74, 6) is 4.05. The molecule has 200 valence electrons. The number of hydrogen-bond acceptors (Lipinski definition) is 4. The van der Waals surface area contributed by atoms with Crippen LogP contribution in [0.3, 0.4) is 0 Å². The minimum atomic E-state index is 0.451. The van der Waals surface area contributed by atoms with Gasteiger partial charge in [0.05, 0.1) is 0 Å². The lowest BCUT2D eigenvalue weighted by molar-refractivity contribution is -0.151. The Morgan fingerprint density at radius 3 is 1.36 bits per heavy atom. The molecule has 0 aliphatic carbocycles. The average molecular weight is 497 g/mol. The van der Waals surface area contributed by atoms with Gasteiger partial charge in [-0.25, -0.2) is 0 Å². The largest absolute Gasteiger partial charge is 0.339 e. The summed E-state index contributed by atoms with van der Waals surface area (Å²) >= 11 is 0. The summed E-state index contributed by atoms with van der Waals surface area (Å²) in [5, 5.41) is 0. The molecule has 6 heteroatoms. The molecule has 8 aliphatic rings. The van der Waals surface area contributed by atoms with E-state index in [4.69, 9.17) is 0 Å². The Hall–Kier alpha value is -1.14. The van der Waals surface area contributed by atoms with Crippen molar-refractivity contribution in [2.75, 3.05) is 39.3 Å². The van der Waals surface area contributed by atoms with Gasteiger partial charge < -0.3 is 9.80 Å². The summed E-state index contributed by atoms with van der Waals surface area (Å²) in [4.78, 5) is 34.4. The number of carbonyl (C=O) groups excluding carboxylic acids is 2. The highest BCUT2D eigenvalue weighted by atomic mass is 16.2. The third kappa shape index (κ3) is 4.04. The first kappa shape index (κ1) is 23.9. The van der Waals surface area contributed by atoms with E-state index in [-0.39, 0.29) is 0 Å². The summed E-state index contributed by atoms with van der Waals surface area (Å²) in [7, 11) is 0. The van der Waals surface area contributed by atoms with Crippen molar-refractivity contribution >= 4 is 11.8 Å². The molecule has 8 saturated heterocycles. The number of hydrogen-bond donors (Lipinski definition) is 0. The fraction of sp³-hybridized carbons (Fsp3) is 0.933. The first-order valence-corrected chi connectivity index (χ1v) is 15.8. The van der Waals surface area contributed by atoms with E-state index in [0.717, 1.165) is 74.5 Å². The number of nitrogens with zero attached hydrogens (tertiary/aromatic N) is 4. The number of amides is 2. The van der Waals surface area contributed by atoms with Crippen LogP contribution in [0.5, 0.6) is 0 Å². The van der Waals surface area contributed by atoms with Gasteiger partial charge in [-0.1, -0.05) is 0 Å². The van der Waals surface area contributed by atoms with Crippen LogP contribution in [0.2, 0.25) is 0 Å². The Kier molecular flexibility index (Phi) is 6.56. The predicted octanol–water partition coefficient (Wildman–Crippen LogP) is 3.74. The van der Waals surface area contributed by atoms with E-state index in [9.17, 15) is 9.59 Å². The van der Waals surface area contributed by atoms with Crippen LogP contribution in [0.15, 0.2) is 0 Å². The predicted molar refractivity (Wildman–Crippen MR) is 140 cm³/mol. The molecule has 0 aromatic rings. The van der Waals surface area contributed by atoms with E-state index < -0.39 is 0 Å². The monoisotopic (exact) mass is 496 g/mol. The van der Waals surface area contributed by atoms with Crippen molar-refractivity contribution in [2.45, 2.75) is 114 Å². The van der Waals surface area contributed by atoms with Gasteiger partial charge in [0.15, 0.2) is 0 Å². The van der Waals surface area contributed by atoms with Crippen LogP contribution in [-0.2, 0) is 9.59 Å². The molecule has 36 heavy (non-hydrogen) atoms. The molecule has 2 amide bonds. The molecule has 0 aromatic carbocycles. The minimum Gasteiger partial charge on any atom is -0.339 e. The first-order chi connectivity index (χ1) is 17.7. The fourth-order valence-electron chi connectivity index (χ4n) is 10.5. The molecule has 6 nitrogen and oxygen atoms in total. The summed E-state index contributed by atoms with van der Waals surface area (Å²) in [6.07, 6.45) is 17.3. The van der Waals surface area contributed by atoms with Crippen LogP contribution in [0.25, 0.3) is 0 Å². The molecule has 0 spiro atoms. The zero-order valence-electron chi connectivity index (χ0n) is 22.4. The highest BCUT2D eigenvalue weighted by Gasteiger charge is 2.51. The Morgan fingerprint density at radius 2 is 0.917 bits per heavy atom. The molecule has 0 unspecified atom stereocenters. The van der Waals surface area contributed by atoms with Crippen molar-refractivity contribution in [2.24, 2.45) is 23.7 Å². The zero-order chi connectivity index (χ0) is 24.2. The van der Waals surface area contributed by atoms with Gasteiger partial charge in [0.2, 0.25) is 11.8 Å². The number of carbonyl (C=O) groups is 2. The third-order valence-electron chi connectivity index (χ3n) is 11.8. The van der Waals surface area contributed by atoms with Crippen LogP contribution in [0.4, 0.5) is 0 Å². The SMILES string of the molecule is O=C1CCC[C@@H]2[C@H]3CCCN4CCC[C@H](CN12)[C@@H]34.O=C1CCC[C@H]2[C@@H]3CCCN4CCC[C@H](CN12)[C@H]34. The maximum absolute atomic E-state index is 12.2. The lowest BCUT2D eigenvalue weighted by Gasteiger charge is -2.58. The van der Waals surface area contributed by atoms with Crippen LogP contribution >= 0.6 is 0 Å². The van der Waals surface area contributed by atoms with Gasteiger partial charge in [-0.3, -0.25) is 19.4 Å². The summed E-state index contributed by atoms with van der Waals surface area (Å²) in [5.41, 5.74) is 0. The molecule has 8 heterocycles. The smallest absolute Gasteiger partial charge is 0.222 e. The Labute approximate surface area is 218 Å². The second-order valence-corrected chi connectivity index (χ2v) is 13.5. The van der Waals surface area contributed by atoms with E-state index in [0.29, 0.717) is 23.9 Å². The van der Waals surface area contributed by atoms with E-state index >= 15 is 0 Å². The van der Waals surface area contributed by atoms with Crippen LogP contribution in [0.1, 0.15) is 89.9 Å². The van der Waals surface area contributed by atoms with Crippen molar-refractivity contribution < 1.29 is 9.59 Å². The van der Waals surface area contributed by atoms with E-state index in [1.807, 2.05) is 0 Å². The van der Waals surface area contributed by atoms with Crippen LogP contribution < -0.4 is 0 Å². The number of rotatable bonds is 0. The molecular weight excluding hydrogens is 448 g/mol. The van der Waals surface area contributed by atoms with Crippen molar-refractivity contribution in [1.82, 2.24) is 19.6 Å². The zero-order valence-corrected chi connectivity index (χ0v) is 22.4. The van der Waals surface area contributed by atoms with Crippen molar-refractivity contribution in [1.29, 1.82) is 0 Å². The van der Waals surface area contributed by atoms with Gasteiger partial charge in [0.25, 0.3) is 0 Å². The van der Waals surface area contributed by atoms with Crippen LogP contribution in [0, 0.1) is 23.7 Å². The van der Waals surface area contributed by atoms with Crippen molar-refractivity contribution in [3.05, 3.63) is 0 Å². The number of piperidine rings is 8. The molecule has 8 aliphatic heterocycles. The van der Waals surface area contributed by atoms with Crippen molar-refractivity contribution in [3.63, 3.8) is 0 Å². The quantitative estimate of drug-likeness (QED) is 0.513.